The summed E-state index contributed by atoms with van der Waals surface area (Å²) in [6, 6.07) is 9.14. The molecule has 0 amide bonds. The molecule has 0 spiro atoms. The van der Waals surface area contributed by atoms with Crippen molar-refractivity contribution in [3.8, 4) is 0 Å². The maximum Gasteiger partial charge on any atom is 0.0954 e. The minimum absolute atomic E-state index is 0.206. The average Bonchev–Trinajstić information content (AvgIpc) is 2.50. The van der Waals surface area contributed by atoms with Crippen molar-refractivity contribution >= 4 is 0 Å². The van der Waals surface area contributed by atoms with Crippen molar-refractivity contribution in [3.63, 3.8) is 0 Å². The summed E-state index contributed by atoms with van der Waals surface area (Å²) >= 11 is 0. The molecule has 20 heavy (non-hydrogen) atoms. The molecule has 0 radical (unpaired) electrons. The highest BCUT2D eigenvalue weighted by atomic mass is 16.5. The third-order valence-corrected chi connectivity index (χ3v) is 4.28. The Balaban J connectivity index is 1.71. The van der Waals surface area contributed by atoms with Crippen molar-refractivity contribution in [1.29, 1.82) is 0 Å². The van der Waals surface area contributed by atoms with Gasteiger partial charge in [-0.25, -0.2) is 0 Å². The third kappa shape index (κ3) is 3.04. The minimum atomic E-state index is 0.206. The number of fused-ring (bicyclic) bond motifs is 1. The number of benzene rings is 1. The lowest BCUT2D eigenvalue weighted by Crippen LogP contribution is -2.51. The van der Waals surface area contributed by atoms with E-state index in [0.29, 0.717) is 6.04 Å². The van der Waals surface area contributed by atoms with Crippen LogP contribution in [0.5, 0.6) is 0 Å². The lowest BCUT2D eigenvalue weighted by atomic mass is 9.97. The second-order valence-electron chi connectivity index (χ2n) is 5.59. The zero-order valence-electron chi connectivity index (χ0n) is 12.2. The molecule has 4 nitrogen and oxygen atoms in total. The molecule has 2 unspecified atom stereocenters. The lowest BCUT2D eigenvalue weighted by Gasteiger charge is -2.38. The van der Waals surface area contributed by atoms with E-state index in [4.69, 9.17) is 9.47 Å². The highest BCUT2D eigenvalue weighted by Crippen LogP contribution is 2.28. The van der Waals surface area contributed by atoms with Crippen LogP contribution in [0.3, 0.4) is 0 Å². The molecule has 2 atom stereocenters. The predicted molar refractivity (Wildman–Crippen MR) is 78.9 cm³/mol. The van der Waals surface area contributed by atoms with Crippen LogP contribution in [0, 0.1) is 0 Å². The number of rotatable bonds is 4. The zero-order valence-corrected chi connectivity index (χ0v) is 12.2. The van der Waals surface area contributed by atoms with Gasteiger partial charge in [0.15, 0.2) is 0 Å². The Morgan fingerprint density at radius 2 is 2.20 bits per heavy atom. The summed E-state index contributed by atoms with van der Waals surface area (Å²) in [4.78, 5) is 2.51. The van der Waals surface area contributed by atoms with Crippen molar-refractivity contribution in [3.05, 3.63) is 35.4 Å². The Kier molecular flexibility index (Phi) is 4.68. The van der Waals surface area contributed by atoms with Gasteiger partial charge in [-0.2, -0.15) is 0 Å². The standard InChI is InChI=1S/C16H24N2O2/c1-17-10-14-12-19-9-7-18(14)11-16-15-5-3-2-4-13(15)6-8-20-16/h2-5,14,16-17H,6-12H2,1H3. The van der Waals surface area contributed by atoms with Crippen molar-refractivity contribution in [2.75, 3.05) is 46.5 Å². The van der Waals surface area contributed by atoms with Crippen LogP contribution >= 0.6 is 0 Å². The first-order valence-corrected chi connectivity index (χ1v) is 7.54. The average molecular weight is 276 g/mol. The van der Waals surface area contributed by atoms with Gasteiger partial charge in [0.25, 0.3) is 0 Å². The van der Waals surface area contributed by atoms with Gasteiger partial charge in [0.1, 0.15) is 0 Å². The van der Waals surface area contributed by atoms with Crippen LogP contribution in [-0.4, -0.2) is 57.4 Å². The Morgan fingerprint density at radius 3 is 3.10 bits per heavy atom. The van der Waals surface area contributed by atoms with Crippen molar-refractivity contribution in [1.82, 2.24) is 10.2 Å². The highest BCUT2D eigenvalue weighted by Gasteiger charge is 2.28. The van der Waals surface area contributed by atoms with E-state index in [1.165, 1.54) is 11.1 Å². The summed E-state index contributed by atoms with van der Waals surface area (Å²) in [5, 5.41) is 3.26. The predicted octanol–water partition coefficient (Wildman–Crippen LogP) is 1.22. The molecule has 110 valence electrons. The number of likely N-dealkylation sites (N-methyl/N-ethyl adjacent to an activating group) is 1. The number of nitrogens with zero attached hydrogens (tertiary/aromatic N) is 1. The topological polar surface area (TPSA) is 33.7 Å². The molecule has 1 aromatic rings. The fourth-order valence-electron chi connectivity index (χ4n) is 3.19. The molecule has 2 heterocycles. The third-order valence-electron chi connectivity index (χ3n) is 4.28. The van der Waals surface area contributed by atoms with E-state index in [0.717, 1.165) is 45.9 Å². The Morgan fingerprint density at radius 1 is 1.30 bits per heavy atom. The molecule has 1 fully saturated rings. The Labute approximate surface area is 121 Å². The zero-order chi connectivity index (χ0) is 13.8. The summed E-state index contributed by atoms with van der Waals surface area (Å²) in [5.74, 6) is 0. The molecule has 1 aromatic carbocycles. The fourth-order valence-corrected chi connectivity index (χ4v) is 3.19. The van der Waals surface area contributed by atoms with E-state index >= 15 is 0 Å². The number of ether oxygens (including phenoxy) is 2. The van der Waals surface area contributed by atoms with Crippen LogP contribution in [0.2, 0.25) is 0 Å². The molecular weight excluding hydrogens is 252 g/mol. The van der Waals surface area contributed by atoms with Gasteiger partial charge in [0, 0.05) is 25.7 Å². The first-order chi connectivity index (χ1) is 9.88. The quantitative estimate of drug-likeness (QED) is 0.896. The van der Waals surface area contributed by atoms with Crippen LogP contribution in [0.1, 0.15) is 17.2 Å². The minimum Gasteiger partial charge on any atom is -0.378 e. The van der Waals surface area contributed by atoms with Crippen LogP contribution in [0.4, 0.5) is 0 Å². The summed E-state index contributed by atoms with van der Waals surface area (Å²) in [5.41, 5.74) is 2.82. The molecule has 0 aromatic heterocycles. The van der Waals surface area contributed by atoms with E-state index in [9.17, 15) is 0 Å². The van der Waals surface area contributed by atoms with Crippen LogP contribution in [0.15, 0.2) is 24.3 Å². The van der Waals surface area contributed by atoms with Gasteiger partial charge in [0.05, 0.1) is 25.9 Å². The molecule has 0 aliphatic carbocycles. The van der Waals surface area contributed by atoms with E-state index in [-0.39, 0.29) is 6.10 Å². The molecule has 0 bridgehead atoms. The highest BCUT2D eigenvalue weighted by molar-refractivity contribution is 5.31. The first-order valence-electron chi connectivity index (χ1n) is 7.54. The lowest BCUT2D eigenvalue weighted by molar-refractivity contribution is -0.0458. The van der Waals surface area contributed by atoms with Gasteiger partial charge in [0.2, 0.25) is 0 Å². The van der Waals surface area contributed by atoms with Gasteiger partial charge in [-0.05, 0) is 24.6 Å². The maximum absolute atomic E-state index is 6.03. The molecule has 1 N–H and O–H groups in total. The molecule has 0 saturated carbocycles. The number of hydrogen-bond acceptors (Lipinski definition) is 4. The second-order valence-corrected chi connectivity index (χ2v) is 5.59. The van der Waals surface area contributed by atoms with E-state index < -0.39 is 0 Å². The number of hydrogen-bond donors (Lipinski definition) is 1. The van der Waals surface area contributed by atoms with Crippen LogP contribution < -0.4 is 5.32 Å². The molecule has 3 rings (SSSR count). The molecule has 2 aliphatic rings. The molecule has 1 saturated heterocycles. The normalized spacial score (nSPS) is 27.2. The van der Waals surface area contributed by atoms with Crippen molar-refractivity contribution < 1.29 is 9.47 Å². The van der Waals surface area contributed by atoms with Crippen LogP contribution in [-0.2, 0) is 15.9 Å². The molecule has 4 heteroatoms. The Bertz CT molecular complexity index is 436. The van der Waals surface area contributed by atoms with Crippen molar-refractivity contribution in [2.24, 2.45) is 0 Å². The number of morpholine rings is 1. The van der Waals surface area contributed by atoms with Crippen molar-refractivity contribution in [2.45, 2.75) is 18.6 Å². The molecule has 2 aliphatic heterocycles. The van der Waals surface area contributed by atoms with E-state index in [1.807, 2.05) is 7.05 Å². The second kappa shape index (κ2) is 6.68. The maximum atomic E-state index is 6.03. The summed E-state index contributed by atoms with van der Waals surface area (Å²) in [7, 11) is 2.00. The monoisotopic (exact) mass is 276 g/mol. The van der Waals surface area contributed by atoms with Gasteiger partial charge < -0.3 is 14.8 Å². The van der Waals surface area contributed by atoms with Gasteiger partial charge in [-0.1, -0.05) is 24.3 Å². The summed E-state index contributed by atoms with van der Waals surface area (Å²) in [6.45, 7) is 5.40. The summed E-state index contributed by atoms with van der Waals surface area (Å²) < 4.78 is 11.6. The largest absolute Gasteiger partial charge is 0.378 e. The van der Waals surface area contributed by atoms with Gasteiger partial charge in [-0.15, -0.1) is 0 Å². The van der Waals surface area contributed by atoms with E-state index in [1.54, 1.807) is 0 Å². The van der Waals surface area contributed by atoms with E-state index in [2.05, 4.69) is 34.5 Å². The Hall–Kier alpha value is -0.940. The van der Waals surface area contributed by atoms with Crippen LogP contribution in [0.25, 0.3) is 0 Å². The smallest absolute Gasteiger partial charge is 0.0954 e. The van der Waals surface area contributed by atoms with Gasteiger partial charge in [-0.3, -0.25) is 4.90 Å². The molecular formula is C16H24N2O2. The summed E-state index contributed by atoms with van der Waals surface area (Å²) in [6.07, 6.45) is 1.24. The first kappa shape index (κ1) is 14.0. The fraction of sp³-hybridized carbons (Fsp3) is 0.625. The number of nitrogens with one attached hydrogen (secondary N) is 1. The van der Waals surface area contributed by atoms with Gasteiger partial charge >= 0.3 is 0 Å². The SMILES string of the molecule is CNCC1COCCN1CC1OCCc2ccccc21.